The minimum atomic E-state index is -1.26. The van der Waals surface area contributed by atoms with Crippen molar-refractivity contribution in [1.29, 1.82) is 0 Å². The van der Waals surface area contributed by atoms with Gasteiger partial charge in [-0.25, -0.2) is 0 Å². The van der Waals surface area contributed by atoms with Gasteiger partial charge in [0.05, 0.1) is 23.8 Å². The van der Waals surface area contributed by atoms with Gasteiger partial charge in [0, 0.05) is 27.4 Å². The van der Waals surface area contributed by atoms with Gasteiger partial charge in [-0.1, -0.05) is 90.5 Å². The van der Waals surface area contributed by atoms with Gasteiger partial charge in [-0.2, -0.15) is 0 Å². The first-order chi connectivity index (χ1) is 31.0. The molecule has 2 heterocycles. The summed E-state index contributed by atoms with van der Waals surface area (Å²) in [7, 11) is 0. The summed E-state index contributed by atoms with van der Waals surface area (Å²) in [5.41, 5.74) is 2.20. The van der Waals surface area contributed by atoms with Gasteiger partial charge in [0.1, 0.15) is 11.5 Å². The van der Waals surface area contributed by atoms with Crippen LogP contribution in [0.2, 0.25) is 0 Å². The molecular weight excluding hydrogens is 843 g/mol. The molecule has 4 aliphatic carbocycles. The first kappa shape index (κ1) is 49.7. The first-order valence-corrected chi connectivity index (χ1v) is 26.1. The predicted molar refractivity (Wildman–Crippen MR) is 251 cm³/mol. The summed E-state index contributed by atoms with van der Waals surface area (Å²) in [6, 6.07) is 6.54. The molecule has 13 atom stereocenters. The molecule has 0 bridgehead atoms. The van der Waals surface area contributed by atoms with Gasteiger partial charge in [-0.05, 0) is 128 Å². The van der Waals surface area contributed by atoms with Crippen molar-refractivity contribution in [2.24, 2.45) is 46.3 Å². The zero-order valence-electron chi connectivity index (χ0n) is 40.5. The Kier molecular flexibility index (Phi) is 16.3. The van der Waals surface area contributed by atoms with Crippen LogP contribution in [0.1, 0.15) is 172 Å². The Balaban J connectivity index is 0.884. The number of thioether (sulfide) groups is 1. The van der Waals surface area contributed by atoms with Gasteiger partial charge in [0.2, 0.25) is 0 Å². The van der Waals surface area contributed by atoms with Crippen molar-refractivity contribution in [3.05, 3.63) is 47.0 Å². The van der Waals surface area contributed by atoms with Gasteiger partial charge in [-0.15, -0.1) is 11.8 Å². The van der Waals surface area contributed by atoms with Crippen molar-refractivity contribution in [3.63, 3.8) is 0 Å². The fourth-order valence-corrected chi connectivity index (χ4v) is 14.7. The van der Waals surface area contributed by atoms with E-state index in [1.807, 2.05) is 0 Å². The highest BCUT2D eigenvalue weighted by Gasteiger charge is 2.59. The van der Waals surface area contributed by atoms with Crippen molar-refractivity contribution < 1.29 is 47.7 Å². The number of carbonyl (C=O) groups is 5. The average Bonchev–Trinajstić information content (AvgIpc) is 3.73. The van der Waals surface area contributed by atoms with Gasteiger partial charge in [0.25, 0.3) is 11.8 Å². The van der Waals surface area contributed by atoms with E-state index in [2.05, 4.69) is 40.7 Å². The fraction of sp³-hybridized carbons (Fsp3) is 0.755. The van der Waals surface area contributed by atoms with E-state index in [1.165, 1.54) is 90.3 Å². The summed E-state index contributed by atoms with van der Waals surface area (Å²) in [4.78, 5) is 64.9. The third kappa shape index (κ3) is 10.9. The van der Waals surface area contributed by atoms with Crippen LogP contribution in [-0.4, -0.2) is 89.5 Å². The molecule has 3 unspecified atom stereocenters. The third-order valence-corrected chi connectivity index (χ3v) is 17.9. The van der Waals surface area contributed by atoms with Gasteiger partial charge >= 0.3 is 17.9 Å². The quantitative estimate of drug-likeness (QED) is 0.0431. The molecule has 4 fully saturated rings. The van der Waals surface area contributed by atoms with Gasteiger partial charge in [-0.3, -0.25) is 28.9 Å². The van der Waals surface area contributed by atoms with Crippen molar-refractivity contribution in [2.45, 2.75) is 188 Å². The maximum Gasteiger partial charge on any atom is 0.303 e. The molecule has 1 saturated heterocycles. The Morgan fingerprint density at radius 2 is 1.45 bits per heavy atom. The highest BCUT2D eigenvalue weighted by Crippen LogP contribution is 2.67. The SMILES string of the molecule is CC(=O)O[C@H]1[C@@H](OC(C)=O)[C@@H](CN2C(=O)c3ccccc3C2=O)O[C@@H](SCCCCCCO[C@H]2CC[C@@]3(C)C(=CCC4C3CC[C@@]3(C)C4CC[C@@H]3[C@H](C)CCCC(C)C)C2)[C@@H]1OC(C)=O. The number of carbonyl (C=O) groups excluding carboxylic acids is 5. The number of rotatable bonds is 19. The number of benzene rings is 1. The molecule has 1 aromatic carbocycles. The molecule has 2 aliphatic heterocycles. The van der Waals surface area contributed by atoms with Crippen LogP contribution >= 0.6 is 11.8 Å². The zero-order valence-corrected chi connectivity index (χ0v) is 41.3. The van der Waals surface area contributed by atoms with Crippen LogP contribution < -0.4 is 0 Å². The van der Waals surface area contributed by atoms with Crippen molar-refractivity contribution in [3.8, 4) is 0 Å². The van der Waals surface area contributed by atoms with E-state index < -0.39 is 59.6 Å². The molecule has 0 radical (unpaired) electrons. The number of fused-ring (bicyclic) bond motifs is 6. The summed E-state index contributed by atoms with van der Waals surface area (Å²) in [5.74, 6) is 2.71. The van der Waals surface area contributed by atoms with E-state index >= 15 is 0 Å². The van der Waals surface area contributed by atoms with Crippen LogP contribution in [0.25, 0.3) is 0 Å². The van der Waals surface area contributed by atoms with E-state index in [0.29, 0.717) is 16.6 Å². The zero-order chi connectivity index (χ0) is 46.6. The monoisotopic (exact) mass is 920 g/mol. The van der Waals surface area contributed by atoms with E-state index in [1.54, 1.807) is 29.8 Å². The van der Waals surface area contributed by atoms with E-state index in [9.17, 15) is 24.0 Å². The number of nitrogens with zero attached hydrogens (tertiary/aromatic N) is 1. The molecule has 2 amide bonds. The van der Waals surface area contributed by atoms with Gasteiger partial charge in [0.15, 0.2) is 18.3 Å². The van der Waals surface area contributed by atoms with Crippen molar-refractivity contribution in [1.82, 2.24) is 4.90 Å². The summed E-state index contributed by atoms with van der Waals surface area (Å²) in [5, 5.41) is 0. The van der Waals surface area contributed by atoms with Crippen molar-refractivity contribution >= 4 is 41.5 Å². The highest BCUT2D eigenvalue weighted by molar-refractivity contribution is 7.99. The molecule has 11 nitrogen and oxygen atoms in total. The largest absolute Gasteiger partial charge is 0.456 e. The summed E-state index contributed by atoms with van der Waals surface area (Å²) >= 11 is 1.41. The molecule has 0 spiro atoms. The highest BCUT2D eigenvalue weighted by atomic mass is 32.2. The van der Waals surface area contributed by atoms with E-state index in [0.717, 1.165) is 85.5 Å². The molecule has 1 aromatic rings. The molecule has 3 saturated carbocycles. The number of esters is 3. The first-order valence-electron chi connectivity index (χ1n) is 25.1. The van der Waals surface area contributed by atoms with Crippen LogP contribution in [0.3, 0.4) is 0 Å². The maximum atomic E-state index is 13.4. The second-order valence-corrected chi connectivity index (χ2v) is 22.5. The lowest BCUT2D eigenvalue weighted by Gasteiger charge is -2.58. The third-order valence-electron chi connectivity index (χ3n) is 16.7. The number of hydrogen-bond donors (Lipinski definition) is 0. The lowest BCUT2D eigenvalue weighted by atomic mass is 9.47. The molecule has 65 heavy (non-hydrogen) atoms. The van der Waals surface area contributed by atoms with Gasteiger partial charge < -0.3 is 23.7 Å². The fourth-order valence-electron chi connectivity index (χ4n) is 13.5. The maximum absolute atomic E-state index is 13.4. The molecule has 7 rings (SSSR count). The minimum Gasteiger partial charge on any atom is -0.456 e. The number of allylic oxidation sites excluding steroid dienone is 1. The number of amides is 2. The summed E-state index contributed by atoms with van der Waals surface area (Å²) < 4.78 is 30.1. The molecule has 360 valence electrons. The topological polar surface area (TPSA) is 135 Å². The summed E-state index contributed by atoms with van der Waals surface area (Å²) in [6.07, 6.45) is 16.6. The number of ether oxygens (including phenoxy) is 5. The van der Waals surface area contributed by atoms with E-state index in [-0.39, 0.29) is 23.8 Å². The normalized spacial score (nSPS) is 34.5. The molecule has 12 heteroatoms. The van der Waals surface area contributed by atoms with Crippen LogP contribution in [-0.2, 0) is 38.1 Å². The van der Waals surface area contributed by atoms with Crippen LogP contribution in [0, 0.1) is 46.3 Å². The smallest absolute Gasteiger partial charge is 0.303 e. The Hall–Kier alpha value is -3.22. The number of unbranched alkanes of at least 4 members (excludes halogenated alkanes) is 3. The lowest BCUT2D eigenvalue weighted by Crippen LogP contribution is -2.62. The predicted octanol–water partition coefficient (Wildman–Crippen LogP) is 10.5. The molecule has 0 aromatic heterocycles. The molecule has 6 aliphatic rings. The second-order valence-electron chi connectivity index (χ2n) is 21.3. The summed E-state index contributed by atoms with van der Waals surface area (Å²) in [6.45, 7) is 16.7. The Morgan fingerprint density at radius 3 is 2.12 bits per heavy atom. The number of hydrogen-bond acceptors (Lipinski definition) is 11. The van der Waals surface area contributed by atoms with Crippen LogP contribution in [0.15, 0.2) is 35.9 Å². The average molecular weight is 920 g/mol. The van der Waals surface area contributed by atoms with E-state index in [4.69, 9.17) is 23.7 Å². The molecule has 0 N–H and O–H groups in total. The molecular formula is C53H77NO10S. The standard InChI is InChI=1S/C53H77NO10S/c1-32(2)16-15-17-33(3)42-22-23-43-41-21-20-37-30-38(24-26-52(37,7)44(41)25-27-53(42,43)8)60-28-13-9-10-14-29-65-51-48(63-36(6)57)47(62-35(5)56)46(61-34(4)55)45(64-51)31-54-49(58)39-18-11-12-19-40(39)50(54)59/h11-12,18-20,32-33,38,41-48,51H,9-10,13-17,21-31H2,1-8H3/t33-,38+,41?,42-,43?,44?,45-,46+,47+,48-,51+,52+,53-/m1/s1. The van der Waals surface area contributed by atoms with Crippen LogP contribution in [0.4, 0.5) is 0 Å². The Labute approximate surface area is 392 Å². The Bertz CT molecular complexity index is 1880. The number of imide groups is 1. The second kappa shape index (κ2) is 21.4. The lowest BCUT2D eigenvalue weighted by molar-refractivity contribution is -0.232. The van der Waals surface area contributed by atoms with Crippen LogP contribution in [0.5, 0.6) is 0 Å². The van der Waals surface area contributed by atoms with Crippen molar-refractivity contribution in [2.75, 3.05) is 18.9 Å². The minimum absolute atomic E-state index is 0.261. The Morgan fingerprint density at radius 1 is 0.785 bits per heavy atom.